The topological polar surface area (TPSA) is 40.5 Å². The molecule has 0 aromatic heterocycles. The first-order valence-electron chi connectivity index (χ1n) is 6.24. The Bertz CT molecular complexity index is 668. The summed E-state index contributed by atoms with van der Waals surface area (Å²) >= 11 is 0. The maximum atomic E-state index is 13.7. The Morgan fingerprint density at radius 1 is 1.15 bits per heavy atom. The summed E-state index contributed by atoms with van der Waals surface area (Å²) in [4.78, 5) is 12.9. The summed E-state index contributed by atoms with van der Waals surface area (Å²) in [6.45, 7) is 3.93. The van der Waals surface area contributed by atoms with E-state index in [0.717, 1.165) is 22.9 Å². The van der Waals surface area contributed by atoms with E-state index < -0.39 is 11.8 Å². The van der Waals surface area contributed by atoms with E-state index in [4.69, 9.17) is 0 Å². The smallest absolute Gasteiger partial charge is 0.340 e. The summed E-state index contributed by atoms with van der Waals surface area (Å²) in [6, 6.07) is 10.1. The Morgan fingerprint density at radius 3 is 2.45 bits per heavy atom. The fourth-order valence-corrected chi connectivity index (χ4v) is 2.32. The van der Waals surface area contributed by atoms with Gasteiger partial charge in [-0.3, -0.25) is 0 Å². The normalized spacial score (nSPS) is 10.4. The monoisotopic (exact) mass is 273 g/mol. The molecule has 20 heavy (non-hydrogen) atoms. The van der Waals surface area contributed by atoms with Crippen LogP contribution in [0.1, 0.15) is 21.5 Å². The van der Waals surface area contributed by atoms with E-state index in [9.17, 15) is 14.3 Å². The minimum atomic E-state index is -1.27. The van der Waals surface area contributed by atoms with Crippen LogP contribution in [0.5, 0.6) is 0 Å². The third kappa shape index (κ3) is 2.50. The number of rotatable bonds is 3. The van der Waals surface area contributed by atoms with Gasteiger partial charge in [0, 0.05) is 12.7 Å². The van der Waals surface area contributed by atoms with Crippen molar-refractivity contribution in [3.05, 3.63) is 58.9 Å². The summed E-state index contributed by atoms with van der Waals surface area (Å²) in [5.41, 5.74) is 3.01. The van der Waals surface area contributed by atoms with Gasteiger partial charge >= 0.3 is 5.97 Å². The Kier molecular flexibility index (Phi) is 3.74. The van der Waals surface area contributed by atoms with Crippen LogP contribution in [0.25, 0.3) is 0 Å². The molecule has 0 radical (unpaired) electrons. The molecule has 0 spiro atoms. The molecule has 0 atom stereocenters. The number of anilines is 2. The van der Waals surface area contributed by atoms with Crippen molar-refractivity contribution in [2.45, 2.75) is 13.8 Å². The minimum absolute atomic E-state index is 0.310. The minimum Gasteiger partial charge on any atom is -0.478 e. The second-order valence-corrected chi connectivity index (χ2v) is 4.79. The summed E-state index contributed by atoms with van der Waals surface area (Å²) in [6.07, 6.45) is 0. The van der Waals surface area contributed by atoms with Crippen molar-refractivity contribution in [3.8, 4) is 0 Å². The highest BCUT2D eigenvalue weighted by atomic mass is 19.1. The maximum absolute atomic E-state index is 13.7. The van der Waals surface area contributed by atoms with Crippen molar-refractivity contribution in [1.29, 1.82) is 0 Å². The molecule has 2 aromatic carbocycles. The van der Waals surface area contributed by atoms with Crippen LogP contribution in [0.2, 0.25) is 0 Å². The number of aromatic carboxylic acids is 1. The predicted molar refractivity (Wildman–Crippen MR) is 77.3 cm³/mol. The fourth-order valence-electron chi connectivity index (χ4n) is 2.32. The van der Waals surface area contributed by atoms with Crippen LogP contribution < -0.4 is 4.90 Å². The van der Waals surface area contributed by atoms with Crippen LogP contribution >= 0.6 is 0 Å². The molecule has 0 saturated heterocycles. The van der Waals surface area contributed by atoms with E-state index in [1.54, 1.807) is 18.0 Å². The van der Waals surface area contributed by atoms with E-state index in [1.807, 2.05) is 32.0 Å². The van der Waals surface area contributed by atoms with Crippen LogP contribution in [0.15, 0.2) is 36.4 Å². The van der Waals surface area contributed by atoms with Gasteiger partial charge in [0.1, 0.15) is 11.4 Å². The largest absolute Gasteiger partial charge is 0.478 e. The molecular weight excluding hydrogens is 257 g/mol. The zero-order valence-corrected chi connectivity index (χ0v) is 11.6. The molecule has 2 aromatic rings. The molecule has 1 N–H and O–H groups in total. The molecule has 104 valence electrons. The molecule has 0 aliphatic carbocycles. The lowest BCUT2D eigenvalue weighted by atomic mass is 10.1. The summed E-state index contributed by atoms with van der Waals surface area (Å²) in [5, 5.41) is 9.19. The molecule has 3 nitrogen and oxygen atoms in total. The number of benzene rings is 2. The van der Waals surface area contributed by atoms with E-state index in [0.29, 0.717) is 5.69 Å². The van der Waals surface area contributed by atoms with Crippen molar-refractivity contribution < 1.29 is 14.3 Å². The maximum Gasteiger partial charge on any atom is 0.340 e. The number of aryl methyl sites for hydroxylation is 2. The van der Waals surface area contributed by atoms with Crippen molar-refractivity contribution in [3.63, 3.8) is 0 Å². The Hall–Kier alpha value is -2.36. The summed E-state index contributed by atoms with van der Waals surface area (Å²) in [7, 11) is 1.74. The van der Waals surface area contributed by atoms with Gasteiger partial charge in [-0.25, -0.2) is 9.18 Å². The van der Waals surface area contributed by atoms with Crippen molar-refractivity contribution >= 4 is 17.3 Å². The van der Waals surface area contributed by atoms with Crippen molar-refractivity contribution in [2.24, 2.45) is 0 Å². The second kappa shape index (κ2) is 5.33. The van der Waals surface area contributed by atoms with Crippen molar-refractivity contribution in [2.75, 3.05) is 11.9 Å². The van der Waals surface area contributed by atoms with Gasteiger partial charge < -0.3 is 10.0 Å². The molecule has 0 amide bonds. The standard InChI is InChI=1S/C16H16FNO2/c1-10-7-8-13(11(2)9-10)18(3)14-6-4-5-12(17)15(14)16(19)20/h4-9H,1-3H3,(H,19,20). The number of hydrogen-bond donors (Lipinski definition) is 1. The molecule has 0 fully saturated rings. The molecule has 0 heterocycles. The molecule has 4 heteroatoms. The Balaban J connectivity index is 2.56. The number of carboxylic acid groups (broad SMARTS) is 1. The molecule has 0 unspecified atom stereocenters. The average molecular weight is 273 g/mol. The first-order chi connectivity index (χ1) is 9.41. The first kappa shape index (κ1) is 14.1. The van der Waals surface area contributed by atoms with Gasteiger partial charge in [0.05, 0.1) is 5.69 Å². The lowest BCUT2D eigenvalue weighted by Gasteiger charge is -2.23. The van der Waals surface area contributed by atoms with Gasteiger partial charge in [0.25, 0.3) is 0 Å². The van der Waals surface area contributed by atoms with Crippen LogP contribution in [-0.4, -0.2) is 18.1 Å². The SMILES string of the molecule is Cc1ccc(N(C)c2cccc(F)c2C(=O)O)c(C)c1. The third-order valence-electron chi connectivity index (χ3n) is 3.28. The lowest BCUT2D eigenvalue weighted by molar-refractivity contribution is 0.0693. The third-order valence-corrected chi connectivity index (χ3v) is 3.28. The lowest BCUT2D eigenvalue weighted by Crippen LogP contribution is -2.16. The zero-order valence-electron chi connectivity index (χ0n) is 11.6. The molecule has 2 rings (SSSR count). The highest BCUT2D eigenvalue weighted by molar-refractivity contribution is 5.96. The van der Waals surface area contributed by atoms with Gasteiger partial charge in [0.2, 0.25) is 0 Å². The van der Waals surface area contributed by atoms with Crippen LogP contribution in [0, 0.1) is 19.7 Å². The molecule has 0 aliphatic rings. The number of hydrogen-bond acceptors (Lipinski definition) is 2. The number of halogens is 1. The fraction of sp³-hybridized carbons (Fsp3) is 0.188. The quantitative estimate of drug-likeness (QED) is 0.921. The van der Waals surface area contributed by atoms with Gasteiger partial charge in [-0.15, -0.1) is 0 Å². The predicted octanol–water partition coefficient (Wildman–Crippen LogP) is 3.91. The Labute approximate surface area is 117 Å². The van der Waals surface area contributed by atoms with Gasteiger partial charge in [-0.2, -0.15) is 0 Å². The van der Waals surface area contributed by atoms with Gasteiger partial charge in [-0.1, -0.05) is 23.8 Å². The number of carbonyl (C=O) groups is 1. The van der Waals surface area contributed by atoms with Crippen LogP contribution in [-0.2, 0) is 0 Å². The first-order valence-corrected chi connectivity index (χ1v) is 6.24. The highest BCUT2D eigenvalue weighted by Crippen LogP contribution is 2.31. The second-order valence-electron chi connectivity index (χ2n) is 4.79. The summed E-state index contributed by atoms with van der Waals surface area (Å²) < 4.78 is 13.7. The number of nitrogens with zero attached hydrogens (tertiary/aromatic N) is 1. The summed E-state index contributed by atoms with van der Waals surface area (Å²) in [5.74, 6) is -2.00. The van der Waals surface area contributed by atoms with Crippen LogP contribution in [0.4, 0.5) is 15.8 Å². The van der Waals surface area contributed by atoms with Gasteiger partial charge in [-0.05, 0) is 37.6 Å². The molecule has 0 aliphatic heterocycles. The van der Waals surface area contributed by atoms with Crippen LogP contribution in [0.3, 0.4) is 0 Å². The van der Waals surface area contributed by atoms with E-state index in [-0.39, 0.29) is 5.56 Å². The highest BCUT2D eigenvalue weighted by Gasteiger charge is 2.19. The van der Waals surface area contributed by atoms with E-state index in [1.165, 1.54) is 6.07 Å². The Morgan fingerprint density at radius 2 is 1.85 bits per heavy atom. The number of carboxylic acids is 1. The molecule has 0 saturated carbocycles. The van der Waals surface area contributed by atoms with E-state index in [2.05, 4.69) is 0 Å². The average Bonchev–Trinajstić information content (AvgIpc) is 2.37. The molecular formula is C16H16FNO2. The molecule has 0 bridgehead atoms. The van der Waals surface area contributed by atoms with Gasteiger partial charge in [0.15, 0.2) is 0 Å². The van der Waals surface area contributed by atoms with Crippen molar-refractivity contribution in [1.82, 2.24) is 0 Å². The zero-order chi connectivity index (χ0) is 14.9. The van der Waals surface area contributed by atoms with E-state index >= 15 is 0 Å².